The van der Waals surface area contributed by atoms with Gasteiger partial charge in [0.25, 0.3) is 0 Å². The van der Waals surface area contributed by atoms with Gasteiger partial charge in [-0.05, 0) is 12.1 Å². The molecule has 14 heavy (non-hydrogen) atoms. The first-order valence-corrected chi connectivity index (χ1v) is 4.54. The van der Waals surface area contributed by atoms with Gasteiger partial charge in [0.05, 0.1) is 6.61 Å². The van der Waals surface area contributed by atoms with E-state index in [9.17, 15) is 0 Å². The van der Waals surface area contributed by atoms with E-state index in [1.54, 1.807) is 24.3 Å². The fourth-order valence-corrected chi connectivity index (χ4v) is 1.51. The highest BCUT2D eigenvalue weighted by Crippen LogP contribution is 2.36. The Morgan fingerprint density at radius 2 is 1.93 bits per heavy atom. The van der Waals surface area contributed by atoms with Gasteiger partial charge in [0, 0.05) is 5.56 Å². The molecular weight excluding hydrogens is 184 g/mol. The fraction of sp³-hybridized carbons (Fsp3) is 0.400. The van der Waals surface area contributed by atoms with Crippen LogP contribution >= 0.6 is 0 Å². The molecule has 0 saturated carbocycles. The maximum atomic E-state index is 9.11. The summed E-state index contributed by atoms with van der Waals surface area (Å²) in [6.07, 6.45) is -0.328. The molecular formula is C10H10O4. The zero-order valence-corrected chi connectivity index (χ0v) is 7.42. The van der Waals surface area contributed by atoms with Gasteiger partial charge in [0.15, 0.2) is 12.6 Å². The topological polar surface area (TPSA) is 51.2 Å². The zero-order chi connectivity index (χ0) is 9.54. The van der Waals surface area contributed by atoms with Crippen LogP contribution in [0.3, 0.4) is 0 Å². The molecule has 3 atom stereocenters. The molecule has 1 aromatic rings. The van der Waals surface area contributed by atoms with Crippen molar-refractivity contribution in [1.29, 1.82) is 0 Å². The summed E-state index contributed by atoms with van der Waals surface area (Å²) in [5, 5.41) is 9.11. The number of benzene rings is 1. The third kappa shape index (κ3) is 1.37. The van der Waals surface area contributed by atoms with Crippen molar-refractivity contribution < 1.29 is 19.3 Å². The van der Waals surface area contributed by atoms with E-state index in [2.05, 4.69) is 0 Å². The third-order valence-electron chi connectivity index (χ3n) is 2.37. The Labute approximate surface area is 81.0 Å². The largest absolute Gasteiger partial charge is 0.508 e. The number of phenols is 1. The van der Waals surface area contributed by atoms with Crippen molar-refractivity contribution in [3.8, 4) is 5.75 Å². The van der Waals surface area contributed by atoms with E-state index in [1.165, 1.54) is 0 Å². The molecule has 2 fully saturated rings. The van der Waals surface area contributed by atoms with Crippen LogP contribution in [0.15, 0.2) is 24.3 Å². The van der Waals surface area contributed by atoms with E-state index < -0.39 is 0 Å². The second kappa shape index (κ2) is 2.95. The normalized spacial score (nSPS) is 35.0. The number of rotatable bonds is 1. The van der Waals surface area contributed by atoms with Crippen LogP contribution in [-0.4, -0.2) is 24.1 Å². The Balaban J connectivity index is 1.77. The SMILES string of the molecule is Oc1ccc(C2OCC3OC3O2)cc1. The maximum absolute atomic E-state index is 9.11. The molecule has 0 spiro atoms. The number of phenolic OH excluding ortho intramolecular Hbond substituents is 1. The minimum atomic E-state index is -0.362. The van der Waals surface area contributed by atoms with Gasteiger partial charge in [-0.15, -0.1) is 0 Å². The first kappa shape index (κ1) is 8.23. The monoisotopic (exact) mass is 194 g/mol. The predicted molar refractivity (Wildman–Crippen MR) is 46.5 cm³/mol. The van der Waals surface area contributed by atoms with Crippen LogP contribution in [0.1, 0.15) is 11.9 Å². The second-order valence-electron chi connectivity index (χ2n) is 3.44. The Hall–Kier alpha value is -1.10. The molecule has 74 valence electrons. The van der Waals surface area contributed by atoms with Crippen molar-refractivity contribution >= 4 is 0 Å². The lowest BCUT2D eigenvalue weighted by molar-refractivity contribution is -0.186. The molecule has 0 bridgehead atoms. The van der Waals surface area contributed by atoms with Gasteiger partial charge >= 0.3 is 0 Å². The van der Waals surface area contributed by atoms with Crippen molar-refractivity contribution in [3.63, 3.8) is 0 Å². The van der Waals surface area contributed by atoms with Gasteiger partial charge in [-0.1, -0.05) is 12.1 Å². The summed E-state index contributed by atoms with van der Waals surface area (Å²) in [6.45, 7) is 0.580. The average molecular weight is 194 g/mol. The molecule has 0 aromatic heterocycles. The van der Waals surface area contributed by atoms with Crippen LogP contribution in [0.25, 0.3) is 0 Å². The Bertz CT molecular complexity index is 334. The van der Waals surface area contributed by atoms with Crippen molar-refractivity contribution in [3.05, 3.63) is 29.8 Å². The van der Waals surface area contributed by atoms with Gasteiger partial charge < -0.3 is 19.3 Å². The first-order valence-electron chi connectivity index (χ1n) is 4.54. The maximum Gasteiger partial charge on any atom is 0.190 e. The van der Waals surface area contributed by atoms with Crippen molar-refractivity contribution in [2.75, 3.05) is 6.61 Å². The molecule has 3 rings (SSSR count). The van der Waals surface area contributed by atoms with Crippen molar-refractivity contribution in [1.82, 2.24) is 0 Å². The molecule has 2 saturated heterocycles. The zero-order valence-electron chi connectivity index (χ0n) is 7.42. The minimum Gasteiger partial charge on any atom is -0.508 e. The van der Waals surface area contributed by atoms with Crippen LogP contribution in [0, 0.1) is 0 Å². The number of aromatic hydroxyl groups is 1. The van der Waals surface area contributed by atoms with Crippen molar-refractivity contribution in [2.45, 2.75) is 18.7 Å². The summed E-state index contributed by atoms with van der Waals surface area (Å²) in [7, 11) is 0. The highest BCUT2D eigenvalue weighted by Gasteiger charge is 2.46. The molecule has 1 aromatic carbocycles. The third-order valence-corrected chi connectivity index (χ3v) is 2.37. The highest BCUT2D eigenvalue weighted by molar-refractivity contribution is 5.26. The quantitative estimate of drug-likeness (QED) is 0.681. The number of epoxide rings is 1. The smallest absolute Gasteiger partial charge is 0.190 e. The van der Waals surface area contributed by atoms with Crippen LogP contribution in [-0.2, 0) is 14.2 Å². The van der Waals surface area contributed by atoms with E-state index in [1.807, 2.05) is 0 Å². The number of ether oxygens (including phenoxy) is 3. The number of hydrogen-bond donors (Lipinski definition) is 1. The van der Waals surface area contributed by atoms with Crippen molar-refractivity contribution in [2.24, 2.45) is 0 Å². The lowest BCUT2D eigenvalue weighted by Gasteiger charge is -2.20. The summed E-state index contributed by atoms with van der Waals surface area (Å²) in [6, 6.07) is 6.79. The van der Waals surface area contributed by atoms with E-state index in [4.69, 9.17) is 19.3 Å². The van der Waals surface area contributed by atoms with E-state index >= 15 is 0 Å². The van der Waals surface area contributed by atoms with Gasteiger partial charge in [-0.25, -0.2) is 0 Å². The van der Waals surface area contributed by atoms with Gasteiger partial charge in [-0.2, -0.15) is 0 Å². The first-order chi connectivity index (χ1) is 6.83. The van der Waals surface area contributed by atoms with Gasteiger partial charge in [-0.3, -0.25) is 0 Å². The molecule has 0 aliphatic carbocycles. The summed E-state index contributed by atoms with van der Waals surface area (Å²) >= 11 is 0. The molecule has 2 heterocycles. The Kier molecular flexibility index (Phi) is 1.73. The van der Waals surface area contributed by atoms with E-state index in [0.717, 1.165) is 5.56 Å². The molecule has 0 radical (unpaired) electrons. The summed E-state index contributed by atoms with van der Waals surface area (Å²) in [5.41, 5.74) is 0.900. The molecule has 1 N–H and O–H groups in total. The molecule has 4 heteroatoms. The molecule has 3 unspecified atom stereocenters. The Morgan fingerprint density at radius 3 is 2.64 bits per heavy atom. The summed E-state index contributed by atoms with van der Waals surface area (Å²) in [5.74, 6) is 0.241. The fourth-order valence-electron chi connectivity index (χ4n) is 1.51. The van der Waals surface area contributed by atoms with Gasteiger partial charge in [0.1, 0.15) is 11.9 Å². The predicted octanol–water partition coefficient (Wildman–Crippen LogP) is 1.16. The number of fused-ring (bicyclic) bond motifs is 1. The molecule has 0 amide bonds. The Morgan fingerprint density at radius 1 is 1.14 bits per heavy atom. The van der Waals surface area contributed by atoms with Crippen LogP contribution in [0.2, 0.25) is 0 Å². The minimum absolute atomic E-state index is 0.0949. The second-order valence-corrected chi connectivity index (χ2v) is 3.44. The summed E-state index contributed by atoms with van der Waals surface area (Å²) in [4.78, 5) is 0. The standard InChI is InChI=1S/C10H10O4/c11-7-3-1-6(2-4-7)9-12-5-8-10(13-8)14-9/h1-4,8-11H,5H2. The number of hydrogen-bond acceptors (Lipinski definition) is 4. The highest BCUT2D eigenvalue weighted by atomic mass is 16.8. The van der Waals surface area contributed by atoms with Gasteiger partial charge in [0.2, 0.25) is 0 Å². The summed E-state index contributed by atoms with van der Waals surface area (Å²) < 4.78 is 16.0. The van der Waals surface area contributed by atoms with E-state index in [0.29, 0.717) is 6.61 Å². The molecule has 2 aliphatic rings. The van der Waals surface area contributed by atoms with Crippen LogP contribution < -0.4 is 0 Å². The van der Waals surface area contributed by atoms with Crippen LogP contribution in [0.4, 0.5) is 0 Å². The van der Waals surface area contributed by atoms with Crippen LogP contribution in [0.5, 0.6) is 5.75 Å². The lowest BCUT2D eigenvalue weighted by Crippen LogP contribution is -2.21. The molecule has 2 aliphatic heterocycles. The van der Waals surface area contributed by atoms with E-state index in [-0.39, 0.29) is 24.4 Å². The molecule has 4 nitrogen and oxygen atoms in total. The lowest BCUT2D eigenvalue weighted by atomic mass is 10.2. The average Bonchev–Trinajstić information content (AvgIpc) is 2.96.